The SMILES string of the molecule is CCC(C)N1CCC(N)C(O)C1. The summed E-state index contributed by atoms with van der Waals surface area (Å²) in [6.45, 7) is 6.15. The maximum Gasteiger partial charge on any atom is 0.0818 e. The van der Waals surface area contributed by atoms with E-state index in [-0.39, 0.29) is 12.1 Å². The highest BCUT2D eigenvalue weighted by Gasteiger charge is 2.26. The minimum atomic E-state index is -0.326. The quantitative estimate of drug-likeness (QED) is 0.624. The molecule has 1 aliphatic heterocycles. The lowest BCUT2D eigenvalue weighted by Gasteiger charge is -2.37. The molecule has 0 aromatic carbocycles. The Kier molecular flexibility index (Phi) is 3.50. The highest BCUT2D eigenvalue weighted by molar-refractivity contribution is 4.84. The summed E-state index contributed by atoms with van der Waals surface area (Å²) < 4.78 is 0. The molecule has 1 aliphatic rings. The van der Waals surface area contributed by atoms with E-state index in [1.807, 2.05) is 0 Å². The first-order chi connectivity index (χ1) is 5.65. The van der Waals surface area contributed by atoms with Crippen LogP contribution < -0.4 is 5.73 Å². The number of nitrogens with zero attached hydrogens (tertiary/aromatic N) is 1. The zero-order chi connectivity index (χ0) is 9.14. The summed E-state index contributed by atoms with van der Waals surface area (Å²) in [5, 5.41) is 9.53. The largest absolute Gasteiger partial charge is 0.390 e. The van der Waals surface area contributed by atoms with Crippen LogP contribution >= 0.6 is 0 Å². The van der Waals surface area contributed by atoms with Crippen molar-refractivity contribution < 1.29 is 5.11 Å². The smallest absolute Gasteiger partial charge is 0.0818 e. The van der Waals surface area contributed by atoms with E-state index < -0.39 is 0 Å². The Morgan fingerprint density at radius 1 is 1.67 bits per heavy atom. The zero-order valence-corrected chi connectivity index (χ0v) is 8.03. The topological polar surface area (TPSA) is 49.5 Å². The van der Waals surface area contributed by atoms with Gasteiger partial charge in [-0.05, 0) is 19.8 Å². The molecule has 0 amide bonds. The van der Waals surface area contributed by atoms with Crippen LogP contribution in [0.3, 0.4) is 0 Å². The number of nitrogens with two attached hydrogens (primary N) is 1. The van der Waals surface area contributed by atoms with Gasteiger partial charge >= 0.3 is 0 Å². The number of hydrogen-bond donors (Lipinski definition) is 2. The van der Waals surface area contributed by atoms with Crippen molar-refractivity contribution in [2.24, 2.45) is 5.73 Å². The van der Waals surface area contributed by atoms with Gasteiger partial charge in [-0.1, -0.05) is 6.92 Å². The van der Waals surface area contributed by atoms with Crippen molar-refractivity contribution in [3.63, 3.8) is 0 Å². The van der Waals surface area contributed by atoms with Gasteiger partial charge in [-0.15, -0.1) is 0 Å². The maximum absolute atomic E-state index is 9.53. The molecule has 72 valence electrons. The summed E-state index contributed by atoms with van der Waals surface area (Å²) >= 11 is 0. The summed E-state index contributed by atoms with van der Waals surface area (Å²) in [5.74, 6) is 0. The number of aliphatic hydroxyl groups is 1. The van der Waals surface area contributed by atoms with Gasteiger partial charge in [0.2, 0.25) is 0 Å². The second kappa shape index (κ2) is 4.21. The molecular weight excluding hydrogens is 152 g/mol. The molecule has 3 unspecified atom stereocenters. The van der Waals surface area contributed by atoms with Crippen LogP contribution in [-0.2, 0) is 0 Å². The molecule has 1 heterocycles. The normalized spacial score (nSPS) is 35.0. The van der Waals surface area contributed by atoms with Crippen molar-refractivity contribution in [3.05, 3.63) is 0 Å². The van der Waals surface area contributed by atoms with Gasteiger partial charge in [-0.25, -0.2) is 0 Å². The Balaban J connectivity index is 2.39. The van der Waals surface area contributed by atoms with Crippen LogP contribution in [0.2, 0.25) is 0 Å². The third-order valence-electron chi connectivity index (χ3n) is 2.88. The van der Waals surface area contributed by atoms with Crippen LogP contribution in [0.5, 0.6) is 0 Å². The van der Waals surface area contributed by atoms with Crippen LogP contribution in [0, 0.1) is 0 Å². The number of likely N-dealkylation sites (tertiary alicyclic amines) is 1. The molecule has 0 aromatic heterocycles. The monoisotopic (exact) mass is 172 g/mol. The molecule has 12 heavy (non-hydrogen) atoms. The first kappa shape index (κ1) is 9.96. The van der Waals surface area contributed by atoms with Gasteiger partial charge in [-0.3, -0.25) is 4.90 Å². The molecule has 1 rings (SSSR count). The fourth-order valence-corrected chi connectivity index (χ4v) is 1.63. The standard InChI is InChI=1S/C9H20N2O/c1-3-7(2)11-5-4-8(10)9(12)6-11/h7-9,12H,3-6,10H2,1-2H3. The van der Waals surface area contributed by atoms with Crippen molar-refractivity contribution >= 4 is 0 Å². The third kappa shape index (κ3) is 2.19. The highest BCUT2D eigenvalue weighted by atomic mass is 16.3. The number of rotatable bonds is 2. The molecular formula is C9H20N2O. The minimum absolute atomic E-state index is 0.00898. The van der Waals surface area contributed by atoms with E-state index in [0.717, 1.165) is 25.9 Å². The van der Waals surface area contributed by atoms with Crippen LogP contribution in [-0.4, -0.2) is 41.3 Å². The Morgan fingerprint density at radius 2 is 2.33 bits per heavy atom. The van der Waals surface area contributed by atoms with Gasteiger partial charge in [0.15, 0.2) is 0 Å². The molecule has 3 nitrogen and oxygen atoms in total. The Labute approximate surface area is 74.5 Å². The van der Waals surface area contributed by atoms with E-state index in [2.05, 4.69) is 18.7 Å². The van der Waals surface area contributed by atoms with Gasteiger partial charge in [0.05, 0.1) is 6.10 Å². The maximum atomic E-state index is 9.53. The van der Waals surface area contributed by atoms with Gasteiger partial charge < -0.3 is 10.8 Å². The van der Waals surface area contributed by atoms with Gasteiger partial charge in [0.1, 0.15) is 0 Å². The molecule has 3 N–H and O–H groups in total. The lowest BCUT2D eigenvalue weighted by Crippen LogP contribution is -2.52. The first-order valence-electron chi connectivity index (χ1n) is 4.82. The van der Waals surface area contributed by atoms with Crippen molar-refractivity contribution in [2.75, 3.05) is 13.1 Å². The predicted molar refractivity (Wildman–Crippen MR) is 49.9 cm³/mol. The molecule has 3 heteroatoms. The summed E-state index contributed by atoms with van der Waals surface area (Å²) in [5.41, 5.74) is 5.71. The van der Waals surface area contributed by atoms with Gasteiger partial charge in [-0.2, -0.15) is 0 Å². The highest BCUT2D eigenvalue weighted by Crippen LogP contribution is 2.13. The predicted octanol–water partition coefficient (Wildman–Crippen LogP) is 0.179. The van der Waals surface area contributed by atoms with Crippen molar-refractivity contribution in [1.29, 1.82) is 0 Å². The third-order valence-corrected chi connectivity index (χ3v) is 2.88. The lowest BCUT2D eigenvalue weighted by molar-refractivity contribution is 0.0347. The Bertz CT molecular complexity index is 140. The summed E-state index contributed by atoms with van der Waals surface area (Å²) in [4.78, 5) is 2.31. The number of hydrogen-bond acceptors (Lipinski definition) is 3. The zero-order valence-electron chi connectivity index (χ0n) is 8.03. The van der Waals surface area contributed by atoms with E-state index in [1.54, 1.807) is 0 Å². The number of piperidine rings is 1. The van der Waals surface area contributed by atoms with Crippen molar-refractivity contribution in [3.8, 4) is 0 Å². The van der Waals surface area contributed by atoms with Crippen LogP contribution in [0.15, 0.2) is 0 Å². The molecule has 0 aliphatic carbocycles. The van der Waals surface area contributed by atoms with Crippen LogP contribution in [0.1, 0.15) is 26.7 Å². The molecule has 1 saturated heterocycles. The fraction of sp³-hybridized carbons (Fsp3) is 1.00. The van der Waals surface area contributed by atoms with E-state index in [0.29, 0.717) is 6.04 Å². The average molecular weight is 172 g/mol. The Morgan fingerprint density at radius 3 is 2.83 bits per heavy atom. The average Bonchev–Trinajstić information content (AvgIpc) is 2.08. The van der Waals surface area contributed by atoms with Crippen LogP contribution in [0.25, 0.3) is 0 Å². The van der Waals surface area contributed by atoms with E-state index in [9.17, 15) is 5.11 Å². The van der Waals surface area contributed by atoms with Crippen LogP contribution in [0.4, 0.5) is 0 Å². The molecule has 0 bridgehead atoms. The number of β-amino-alcohol motifs (C(OH)–C–C–N with tert-alkyl or cyclic N) is 1. The Hall–Kier alpha value is -0.120. The molecule has 0 radical (unpaired) electrons. The van der Waals surface area contributed by atoms with Crippen molar-refractivity contribution in [1.82, 2.24) is 4.90 Å². The molecule has 3 atom stereocenters. The van der Waals surface area contributed by atoms with E-state index in [1.165, 1.54) is 0 Å². The molecule has 0 aromatic rings. The summed E-state index contributed by atoms with van der Waals surface area (Å²) in [7, 11) is 0. The second-order valence-electron chi connectivity index (χ2n) is 3.77. The molecule has 1 fully saturated rings. The molecule has 0 spiro atoms. The van der Waals surface area contributed by atoms with Crippen molar-refractivity contribution in [2.45, 2.75) is 44.9 Å². The summed E-state index contributed by atoms with van der Waals surface area (Å²) in [6.07, 6.45) is 1.74. The molecule has 0 saturated carbocycles. The minimum Gasteiger partial charge on any atom is -0.390 e. The fourth-order valence-electron chi connectivity index (χ4n) is 1.63. The lowest BCUT2D eigenvalue weighted by atomic mass is 10.0. The summed E-state index contributed by atoms with van der Waals surface area (Å²) in [6, 6.07) is 0.567. The van der Waals surface area contributed by atoms with E-state index >= 15 is 0 Å². The van der Waals surface area contributed by atoms with E-state index in [4.69, 9.17) is 5.73 Å². The van der Waals surface area contributed by atoms with Gasteiger partial charge in [0, 0.05) is 25.2 Å². The number of aliphatic hydroxyl groups excluding tert-OH is 1. The second-order valence-corrected chi connectivity index (χ2v) is 3.77. The first-order valence-corrected chi connectivity index (χ1v) is 4.82. The van der Waals surface area contributed by atoms with Gasteiger partial charge in [0.25, 0.3) is 0 Å².